The number of hydrogen-bond acceptors (Lipinski definition) is 5. The Morgan fingerprint density at radius 3 is 2.33 bits per heavy atom. The largest absolute Gasteiger partial charge is 0.573 e. The zero-order chi connectivity index (χ0) is 19.4. The average molecular weight is 396 g/mol. The Balaban J connectivity index is 1.60. The van der Waals surface area contributed by atoms with Gasteiger partial charge in [-0.3, -0.25) is 9.59 Å². The predicted octanol–water partition coefficient (Wildman–Crippen LogP) is 4.74. The van der Waals surface area contributed by atoms with Crippen molar-refractivity contribution in [3.8, 4) is 5.75 Å². The van der Waals surface area contributed by atoms with Gasteiger partial charge in [0.05, 0.1) is 16.1 Å². The molecule has 6 nitrogen and oxygen atoms in total. The Morgan fingerprint density at radius 1 is 0.963 bits per heavy atom. The minimum atomic E-state index is -4.78. The van der Waals surface area contributed by atoms with E-state index < -0.39 is 18.2 Å². The van der Waals surface area contributed by atoms with E-state index in [9.17, 15) is 22.8 Å². The molecule has 0 unspecified atom stereocenters. The SMILES string of the molecule is O=C(Nc1ccc(C(=O)Nc2ccc(OC(F)(F)F)cc2)s1)c1ccco1. The molecule has 2 heterocycles. The molecule has 0 spiro atoms. The number of nitrogens with one attached hydrogen (secondary N) is 2. The monoisotopic (exact) mass is 396 g/mol. The molecule has 3 rings (SSSR count). The third-order valence-corrected chi connectivity index (χ3v) is 4.16. The first kappa shape index (κ1) is 18.5. The smallest absolute Gasteiger partial charge is 0.459 e. The van der Waals surface area contributed by atoms with Crippen LogP contribution in [0, 0.1) is 0 Å². The highest BCUT2D eigenvalue weighted by atomic mass is 32.1. The van der Waals surface area contributed by atoms with Crippen molar-refractivity contribution in [3.63, 3.8) is 0 Å². The number of benzene rings is 1. The van der Waals surface area contributed by atoms with Crippen LogP contribution in [0.2, 0.25) is 0 Å². The molecule has 0 atom stereocenters. The lowest BCUT2D eigenvalue weighted by Gasteiger charge is -2.09. The van der Waals surface area contributed by atoms with Gasteiger partial charge in [0.1, 0.15) is 5.75 Å². The quantitative estimate of drug-likeness (QED) is 0.653. The zero-order valence-corrected chi connectivity index (χ0v) is 14.2. The van der Waals surface area contributed by atoms with Gasteiger partial charge in [-0.25, -0.2) is 0 Å². The molecule has 0 aliphatic carbocycles. The Morgan fingerprint density at radius 2 is 1.70 bits per heavy atom. The van der Waals surface area contributed by atoms with Gasteiger partial charge in [-0.15, -0.1) is 24.5 Å². The highest BCUT2D eigenvalue weighted by Gasteiger charge is 2.31. The van der Waals surface area contributed by atoms with E-state index in [1.807, 2.05) is 0 Å². The minimum absolute atomic E-state index is 0.135. The average Bonchev–Trinajstić information content (AvgIpc) is 3.27. The molecular formula is C17H11F3N2O4S. The molecule has 1 aromatic carbocycles. The lowest BCUT2D eigenvalue weighted by atomic mass is 10.3. The maximum Gasteiger partial charge on any atom is 0.573 e. The summed E-state index contributed by atoms with van der Waals surface area (Å²) in [6.45, 7) is 0. The molecule has 2 amide bonds. The number of anilines is 2. The van der Waals surface area contributed by atoms with Crippen molar-refractivity contribution < 1.29 is 31.9 Å². The summed E-state index contributed by atoms with van der Waals surface area (Å²) in [5.74, 6) is -1.17. The van der Waals surface area contributed by atoms with Crippen molar-refractivity contribution in [2.24, 2.45) is 0 Å². The Bertz CT molecular complexity index is 934. The molecule has 0 aliphatic rings. The van der Waals surface area contributed by atoms with Gasteiger partial charge in [0.15, 0.2) is 5.76 Å². The molecule has 2 aromatic heterocycles. The van der Waals surface area contributed by atoms with Gasteiger partial charge < -0.3 is 19.8 Å². The molecule has 0 radical (unpaired) electrons. The highest BCUT2D eigenvalue weighted by Crippen LogP contribution is 2.26. The number of alkyl halides is 3. The van der Waals surface area contributed by atoms with E-state index in [2.05, 4.69) is 15.4 Å². The first-order valence-corrected chi connectivity index (χ1v) is 8.24. The summed E-state index contributed by atoms with van der Waals surface area (Å²) in [5.41, 5.74) is 0.295. The van der Waals surface area contributed by atoms with Crippen molar-refractivity contribution in [2.75, 3.05) is 10.6 Å². The molecule has 27 heavy (non-hydrogen) atoms. The topological polar surface area (TPSA) is 80.6 Å². The summed E-state index contributed by atoms with van der Waals surface area (Å²) >= 11 is 1.04. The van der Waals surface area contributed by atoms with Crippen molar-refractivity contribution in [1.29, 1.82) is 0 Å². The van der Waals surface area contributed by atoms with Gasteiger partial charge in [-0.05, 0) is 48.5 Å². The third kappa shape index (κ3) is 5.11. The Labute approximate surface area is 154 Å². The second kappa shape index (κ2) is 7.54. The molecule has 0 saturated heterocycles. The van der Waals surface area contributed by atoms with Crippen LogP contribution in [0.15, 0.2) is 59.2 Å². The fourth-order valence-electron chi connectivity index (χ4n) is 2.04. The molecule has 3 aromatic rings. The lowest BCUT2D eigenvalue weighted by molar-refractivity contribution is -0.274. The van der Waals surface area contributed by atoms with Gasteiger partial charge in [0, 0.05) is 5.69 Å². The van der Waals surface area contributed by atoms with Crippen molar-refractivity contribution in [2.45, 2.75) is 6.36 Å². The minimum Gasteiger partial charge on any atom is -0.459 e. The molecule has 0 fully saturated rings. The molecule has 0 aliphatic heterocycles. The fraction of sp³-hybridized carbons (Fsp3) is 0.0588. The molecular weight excluding hydrogens is 385 g/mol. The third-order valence-electron chi connectivity index (χ3n) is 3.16. The number of amides is 2. The van der Waals surface area contributed by atoms with Gasteiger partial charge in [0.2, 0.25) is 0 Å². The number of carbonyl (C=O) groups is 2. The summed E-state index contributed by atoms with van der Waals surface area (Å²) in [6.07, 6.45) is -3.41. The van der Waals surface area contributed by atoms with Crippen LogP contribution in [0.4, 0.5) is 23.9 Å². The van der Waals surface area contributed by atoms with Gasteiger partial charge in [0.25, 0.3) is 11.8 Å². The van der Waals surface area contributed by atoms with Gasteiger partial charge in [-0.2, -0.15) is 0 Å². The number of ether oxygens (including phenoxy) is 1. The van der Waals surface area contributed by atoms with Gasteiger partial charge >= 0.3 is 6.36 Å². The van der Waals surface area contributed by atoms with Crippen LogP contribution in [-0.2, 0) is 0 Å². The molecule has 10 heteroatoms. The number of thiophene rings is 1. The second-order valence-electron chi connectivity index (χ2n) is 5.12. The summed E-state index contributed by atoms with van der Waals surface area (Å²) in [6, 6.07) is 10.9. The van der Waals surface area contributed by atoms with E-state index in [4.69, 9.17) is 4.42 Å². The Hall–Kier alpha value is -3.27. The van der Waals surface area contributed by atoms with E-state index in [0.717, 1.165) is 23.5 Å². The number of furan rings is 1. The number of hydrogen-bond donors (Lipinski definition) is 2. The van der Waals surface area contributed by atoms with Crippen molar-refractivity contribution in [3.05, 3.63) is 65.4 Å². The van der Waals surface area contributed by atoms with Gasteiger partial charge in [-0.1, -0.05) is 0 Å². The summed E-state index contributed by atoms with van der Waals surface area (Å²) in [7, 11) is 0. The molecule has 0 bridgehead atoms. The normalized spacial score (nSPS) is 11.1. The highest BCUT2D eigenvalue weighted by molar-refractivity contribution is 7.18. The first-order valence-electron chi connectivity index (χ1n) is 7.42. The predicted molar refractivity (Wildman–Crippen MR) is 92.1 cm³/mol. The van der Waals surface area contributed by atoms with E-state index in [-0.39, 0.29) is 11.5 Å². The first-order chi connectivity index (χ1) is 12.8. The maximum atomic E-state index is 12.2. The number of halogens is 3. The van der Waals surface area contributed by atoms with Crippen LogP contribution in [-0.4, -0.2) is 18.2 Å². The summed E-state index contributed by atoms with van der Waals surface area (Å²) in [5, 5.41) is 5.58. The number of rotatable bonds is 5. The molecule has 0 saturated carbocycles. The summed E-state index contributed by atoms with van der Waals surface area (Å²) < 4.78 is 45.1. The lowest BCUT2D eigenvalue weighted by Crippen LogP contribution is -2.17. The molecule has 2 N–H and O–H groups in total. The second-order valence-corrected chi connectivity index (χ2v) is 6.21. The van der Waals surface area contributed by atoms with Crippen molar-refractivity contribution >= 4 is 33.8 Å². The van der Waals surface area contributed by atoms with E-state index in [1.165, 1.54) is 30.5 Å². The van der Waals surface area contributed by atoms with Crippen LogP contribution in [0.1, 0.15) is 20.2 Å². The van der Waals surface area contributed by atoms with Crippen LogP contribution >= 0.6 is 11.3 Å². The van der Waals surface area contributed by atoms with Crippen LogP contribution < -0.4 is 15.4 Å². The molecule has 140 valence electrons. The maximum absolute atomic E-state index is 12.2. The standard InChI is InChI=1S/C17H11F3N2O4S/c18-17(19,20)26-11-5-3-10(4-6-11)21-16(24)13-7-8-14(27-13)22-15(23)12-2-1-9-25-12/h1-9H,(H,21,24)(H,22,23). The number of carbonyl (C=O) groups excluding carboxylic acids is 2. The fourth-order valence-corrected chi connectivity index (χ4v) is 2.84. The van der Waals surface area contributed by atoms with E-state index in [1.54, 1.807) is 12.1 Å². The van der Waals surface area contributed by atoms with E-state index in [0.29, 0.717) is 15.6 Å². The van der Waals surface area contributed by atoms with Crippen LogP contribution in [0.3, 0.4) is 0 Å². The Kier molecular flexibility index (Phi) is 5.17. The van der Waals surface area contributed by atoms with Crippen LogP contribution in [0.25, 0.3) is 0 Å². The summed E-state index contributed by atoms with van der Waals surface area (Å²) in [4.78, 5) is 24.4. The zero-order valence-electron chi connectivity index (χ0n) is 13.4. The van der Waals surface area contributed by atoms with Crippen LogP contribution in [0.5, 0.6) is 5.75 Å². The van der Waals surface area contributed by atoms with E-state index >= 15 is 0 Å². The van der Waals surface area contributed by atoms with Crippen molar-refractivity contribution in [1.82, 2.24) is 0 Å².